The van der Waals surface area contributed by atoms with E-state index in [2.05, 4.69) is 10.6 Å². The number of carbonyl (C=O) groups is 3. The lowest BCUT2D eigenvalue weighted by Gasteiger charge is -2.35. The summed E-state index contributed by atoms with van der Waals surface area (Å²) in [6, 6.07) is 13.3. The van der Waals surface area contributed by atoms with Crippen molar-refractivity contribution >= 4 is 40.9 Å². The Hall–Kier alpha value is -2.80. The fourth-order valence-electron chi connectivity index (χ4n) is 3.83. The number of para-hydroxylation sites is 1. The van der Waals surface area contributed by atoms with Crippen LogP contribution in [0.3, 0.4) is 0 Å². The van der Waals surface area contributed by atoms with E-state index < -0.39 is 5.25 Å². The molecule has 0 unspecified atom stereocenters. The smallest absolute Gasteiger partial charge is 0.247 e. The molecule has 1 saturated heterocycles. The number of aryl methyl sites for hydroxylation is 2. The summed E-state index contributed by atoms with van der Waals surface area (Å²) in [7, 11) is 0. The van der Waals surface area contributed by atoms with Gasteiger partial charge in [-0.25, -0.2) is 0 Å². The Labute approximate surface area is 180 Å². The molecule has 30 heavy (non-hydrogen) atoms. The molecule has 4 rings (SSSR count). The second-order valence-corrected chi connectivity index (χ2v) is 9.04. The van der Waals surface area contributed by atoms with E-state index in [0.717, 1.165) is 34.7 Å². The van der Waals surface area contributed by atoms with Gasteiger partial charge in [-0.2, -0.15) is 0 Å². The van der Waals surface area contributed by atoms with Gasteiger partial charge in [-0.05, 0) is 62.1 Å². The van der Waals surface area contributed by atoms with E-state index in [0.29, 0.717) is 13.1 Å². The first-order valence-electron chi connectivity index (χ1n) is 10.2. The molecule has 3 amide bonds. The van der Waals surface area contributed by atoms with Crippen molar-refractivity contribution in [3.8, 4) is 0 Å². The number of carbonyl (C=O) groups excluding carboxylic acids is 3. The molecule has 0 bridgehead atoms. The number of thioether (sulfide) groups is 1. The van der Waals surface area contributed by atoms with Crippen LogP contribution in [0.5, 0.6) is 0 Å². The molecule has 6 nitrogen and oxygen atoms in total. The van der Waals surface area contributed by atoms with Crippen LogP contribution in [0, 0.1) is 19.8 Å². The first-order valence-corrected chi connectivity index (χ1v) is 11.0. The zero-order valence-corrected chi connectivity index (χ0v) is 17.9. The molecule has 1 fully saturated rings. The average Bonchev–Trinajstić information content (AvgIpc) is 2.75. The fourth-order valence-corrected chi connectivity index (χ4v) is 4.91. The van der Waals surface area contributed by atoms with Crippen molar-refractivity contribution in [3.05, 3.63) is 53.6 Å². The van der Waals surface area contributed by atoms with Gasteiger partial charge in [0, 0.05) is 23.7 Å². The van der Waals surface area contributed by atoms with E-state index in [-0.39, 0.29) is 23.6 Å². The SMILES string of the molecule is Cc1ccc(NC(=O)[C@@H]2CCCN(C(=O)[C@@H]3Sc4ccccc4NC3=O)C2)cc1C. The highest BCUT2D eigenvalue weighted by molar-refractivity contribution is 8.01. The van der Waals surface area contributed by atoms with Crippen molar-refractivity contribution in [2.75, 3.05) is 23.7 Å². The second kappa shape index (κ2) is 8.52. The Balaban J connectivity index is 1.42. The lowest BCUT2D eigenvalue weighted by Crippen LogP contribution is -2.50. The number of piperidine rings is 1. The van der Waals surface area contributed by atoms with E-state index in [9.17, 15) is 14.4 Å². The van der Waals surface area contributed by atoms with E-state index in [4.69, 9.17) is 0 Å². The number of anilines is 2. The van der Waals surface area contributed by atoms with Gasteiger partial charge in [0.25, 0.3) is 0 Å². The normalized spacial score (nSPS) is 20.9. The van der Waals surface area contributed by atoms with Crippen molar-refractivity contribution in [2.45, 2.75) is 36.8 Å². The quantitative estimate of drug-likeness (QED) is 0.740. The number of amides is 3. The van der Waals surface area contributed by atoms with Gasteiger partial charge < -0.3 is 15.5 Å². The summed E-state index contributed by atoms with van der Waals surface area (Å²) in [5.41, 5.74) is 3.80. The number of likely N-dealkylation sites (tertiary alicyclic amines) is 1. The number of nitrogens with zero attached hydrogens (tertiary/aromatic N) is 1. The second-order valence-electron chi connectivity index (χ2n) is 7.89. The van der Waals surface area contributed by atoms with Gasteiger partial charge >= 0.3 is 0 Å². The molecule has 2 atom stereocenters. The molecule has 0 radical (unpaired) electrons. The lowest BCUT2D eigenvalue weighted by atomic mass is 9.96. The molecule has 2 heterocycles. The van der Waals surface area contributed by atoms with Gasteiger partial charge in [0.15, 0.2) is 5.25 Å². The molecule has 0 spiro atoms. The van der Waals surface area contributed by atoms with Crippen LogP contribution in [0.4, 0.5) is 11.4 Å². The number of hydrogen-bond donors (Lipinski definition) is 2. The van der Waals surface area contributed by atoms with Gasteiger partial charge in [-0.3, -0.25) is 14.4 Å². The summed E-state index contributed by atoms with van der Waals surface area (Å²) in [5.74, 6) is -0.892. The summed E-state index contributed by atoms with van der Waals surface area (Å²) < 4.78 is 0. The number of fused-ring (bicyclic) bond motifs is 1. The Bertz CT molecular complexity index is 1010. The van der Waals surface area contributed by atoms with E-state index in [1.807, 2.05) is 56.3 Å². The van der Waals surface area contributed by atoms with Crippen molar-refractivity contribution in [1.29, 1.82) is 0 Å². The van der Waals surface area contributed by atoms with Crippen molar-refractivity contribution < 1.29 is 14.4 Å². The minimum Gasteiger partial charge on any atom is -0.340 e. The standard InChI is InChI=1S/C23H25N3O3S/c1-14-9-10-17(12-15(14)2)24-21(27)16-6-5-11-26(13-16)23(29)20-22(28)25-18-7-3-4-8-19(18)30-20/h3-4,7-10,12,16,20H,5-6,11,13H2,1-2H3,(H,24,27)(H,25,28)/t16-,20-/m1/s1. The van der Waals surface area contributed by atoms with Crippen LogP contribution in [0.2, 0.25) is 0 Å². The van der Waals surface area contributed by atoms with Crippen molar-refractivity contribution in [2.24, 2.45) is 5.92 Å². The fraction of sp³-hybridized carbons (Fsp3) is 0.348. The number of rotatable bonds is 3. The molecule has 2 aromatic carbocycles. The number of hydrogen-bond acceptors (Lipinski definition) is 4. The summed E-state index contributed by atoms with van der Waals surface area (Å²) >= 11 is 1.28. The van der Waals surface area contributed by atoms with Crippen LogP contribution in [-0.4, -0.2) is 41.0 Å². The minimum absolute atomic E-state index is 0.0816. The first-order chi connectivity index (χ1) is 14.4. The monoisotopic (exact) mass is 423 g/mol. The molecule has 2 aromatic rings. The highest BCUT2D eigenvalue weighted by Gasteiger charge is 2.38. The Morgan fingerprint density at radius 3 is 2.73 bits per heavy atom. The van der Waals surface area contributed by atoms with Gasteiger partial charge in [-0.1, -0.05) is 18.2 Å². The topological polar surface area (TPSA) is 78.5 Å². The molecular weight excluding hydrogens is 398 g/mol. The Morgan fingerprint density at radius 1 is 1.13 bits per heavy atom. The zero-order valence-electron chi connectivity index (χ0n) is 17.1. The largest absolute Gasteiger partial charge is 0.340 e. The number of nitrogens with one attached hydrogen (secondary N) is 2. The van der Waals surface area contributed by atoms with Crippen molar-refractivity contribution in [1.82, 2.24) is 4.90 Å². The third-order valence-corrected chi connectivity index (χ3v) is 6.99. The summed E-state index contributed by atoms with van der Waals surface area (Å²) in [4.78, 5) is 40.9. The maximum atomic E-state index is 13.1. The van der Waals surface area contributed by atoms with Crippen LogP contribution in [0.1, 0.15) is 24.0 Å². The molecular formula is C23H25N3O3S. The Morgan fingerprint density at radius 2 is 1.93 bits per heavy atom. The maximum absolute atomic E-state index is 13.1. The van der Waals surface area contributed by atoms with Crippen molar-refractivity contribution in [3.63, 3.8) is 0 Å². The third kappa shape index (κ3) is 4.21. The summed E-state index contributed by atoms with van der Waals surface area (Å²) in [5, 5.41) is 4.98. The molecule has 2 N–H and O–H groups in total. The van der Waals surface area contributed by atoms with Gasteiger partial charge in [0.1, 0.15) is 0 Å². The highest BCUT2D eigenvalue weighted by atomic mass is 32.2. The molecule has 0 aromatic heterocycles. The van der Waals surface area contributed by atoms with Crippen LogP contribution in [-0.2, 0) is 14.4 Å². The predicted molar refractivity (Wildman–Crippen MR) is 119 cm³/mol. The summed E-state index contributed by atoms with van der Waals surface area (Å²) in [6.45, 7) is 4.94. The van der Waals surface area contributed by atoms with Gasteiger partial charge in [0.05, 0.1) is 11.6 Å². The molecule has 156 valence electrons. The van der Waals surface area contributed by atoms with Gasteiger partial charge in [-0.15, -0.1) is 11.8 Å². The van der Waals surface area contributed by atoms with E-state index in [1.165, 1.54) is 17.3 Å². The number of benzene rings is 2. The van der Waals surface area contributed by atoms with Crippen LogP contribution in [0.25, 0.3) is 0 Å². The molecule has 0 saturated carbocycles. The van der Waals surface area contributed by atoms with Crippen LogP contribution >= 0.6 is 11.8 Å². The maximum Gasteiger partial charge on any atom is 0.247 e. The summed E-state index contributed by atoms with van der Waals surface area (Å²) in [6.07, 6.45) is 1.47. The molecule has 2 aliphatic heterocycles. The Kier molecular flexibility index (Phi) is 5.81. The average molecular weight is 424 g/mol. The minimum atomic E-state index is -0.818. The van der Waals surface area contributed by atoms with E-state index in [1.54, 1.807) is 4.90 Å². The molecule has 0 aliphatic carbocycles. The molecule has 7 heteroatoms. The predicted octanol–water partition coefficient (Wildman–Crippen LogP) is 3.59. The van der Waals surface area contributed by atoms with E-state index >= 15 is 0 Å². The molecule has 2 aliphatic rings. The highest BCUT2D eigenvalue weighted by Crippen LogP contribution is 2.36. The zero-order chi connectivity index (χ0) is 21.3. The van der Waals surface area contributed by atoms with Crippen LogP contribution in [0.15, 0.2) is 47.4 Å². The van der Waals surface area contributed by atoms with Crippen LogP contribution < -0.4 is 10.6 Å². The lowest BCUT2D eigenvalue weighted by molar-refractivity contribution is -0.136. The first kappa shape index (κ1) is 20.5. The third-order valence-electron chi connectivity index (χ3n) is 5.73. The van der Waals surface area contributed by atoms with Gasteiger partial charge in [0.2, 0.25) is 17.7 Å².